The minimum absolute atomic E-state index is 0. The maximum absolute atomic E-state index is 12.7. The van der Waals surface area contributed by atoms with E-state index in [4.69, 9.17) is 28.3 Å². The fourth-order valence-electron chi connectivity index (χ4n) is 2.48. The number of anilines is 1. The number of nitrogens with zero attached hydrogens (tertiary/aromatic N) is 2. The highest BCUT2D eigenvalue weighted by Gasteiger charge is 2.16. The minimum atomic E-state index is -0.146. The highest BCUT2D eigenvalue weighted by atomic mass is 35.5. The molecular weight excluding hydrogens is 385 g/mol. The number of ketones is 1. The smallest absolute Gasteiger partial charge is 0.204 e. The molecule has 1 aromatic heterocycles. The summed E-state index contributed by atoms with van der Waals surface area (Å²) >= 11 is 12.0. The number of para-hydroxylation sites is 2. The van der Waals surface area contributed by atoms with Crippen LogP contribution in [0, 0.1) is 0 Å². The van der Waals surface area contributed by atoms with Crippen LogP contribution in [-0.4, -0.2) is 33.6 Å². The average Bonchev–Trinajstić information content (AvgIpc) is 2.90. The highest BCUT2D eigenvalue weighted by Crippen LogP contribution is 2.24. The molecule has 2 N–H and O–H groups in total. The maximum Gasteiger partial charge on any atom is 0.204 e. The molecule has 0 unspecified atom stereocenters. The van der Waals surface area contributed by atoms with Crippen molar-refractivity contribution in [2.45, 2.75) is 6.54 Å². The number of aliphatic hydroxyl groups is 1. The van der Waals surface area contributed by atoms with Gasteiger partial charge >= 0.3 is 0 Å². The molecule has 0 aliphatic carbocycles. The van der Waals surface area contributed by atoms with Gasteiger partial charge in [0.15, 0.2) is 5.78 Å². The van der Waals surface area contributed by atoms with Gasteiger partial charge in [-0.3, -0.25) is 4.79 Å². The number of fused-ring (bicyclic) bond motifs is 1. The standard InChI is InChI=1S/C17H15Cl2N3O2.ClH/c18-11-5-6-12(13(19)9-11)16(24)10-22-15-4-2-1-3-14(15)21-17(22)20-7-8-23;/h1-6,9,23H,7-8,10H2,(H,20,21);1H/p-1. The molecule has 0 saturated carbocycles. The first-order chi connectivity index (χ1) is 11.6. The number of benzene rings is 2. The van der Waals surface area contributed by atoms with E-state index in [9.17, 15) is 4.79 Å². The van der Waals surface area contributed by atoms with E-state index in [1.54, 1.807) is 22.8 Å². The molecule has 0 fully saturated rings. The lowest BCUT2D eigenvalue weighted by molar-refractivity contribution is -0.0000136. The molecule has 0 atom stereocenters. The van der Waals surface area contributed by atoms with Crippen molar-refractivity contribution in [1.29, 1.82) is 0 Å². The van der Waals surface area contributed by atoms with Crippen LogP contribution in [0.25, 0.3) is 11.0 Å². The van der Waals surface area contributed by atoms with Gasteiger partial charge in [-0.05, 0) is 30.3 Å². The average molecular weight is 400 g/mol. The van der Waals surface area contributed by atoms with Crippen LogP contribution in [-0.2, 0) is 6.54 Å². The van der Waals surface area contributed by atoms with Crippen LogP contribution in [0.15, 0.2) is 42.5 Å². The number of hydrogen-bond donors (Lipinski definition) is 2. The largest absolute Gasteiger partial charge is 1.00 e. The molecular formula is C17H15Cl3N3O2-. The van der Waals surface area contributed by atoms with Crippen LogP contribution in [0.5, 0.6) is 0 Å². The summed E-state index contributed by atoms with van der Waals surface area (Å²) in [5.41, 5.74) is 2.01. The lowest BCUT2D eigenvalue weighted by Gasteiger charge is -2.10. The van der Waals surface area contributed by atoms with Crippen molar-refractivity contribution in [2.24, 2.45) is 0 Å². The third-order valence-corrected chi connectivity index (χ3v) is 4.13. The van der Waals surface area contributed by atoms with Gasteiger partial charge in [0.2, 0.25) is 5.95 Å². The number of carbonyl (C=O) groups is 1. The molecule has 0 radical (unpaired) electrons. The third kappa shape index (κ3) is 4.25. The Morgan fingerprint density at radius 1 is 1.20 bits per heavy atom. The Morgan fingerprint density at radius 2 is 1.96 bits per heavy atom. The highest BCUT2D eigenvalue weighted by molar-refractivity contribution is 6.36. The van der Waals surface area contributed by atoms with E-state index >= 15 is 0 Å². The zero-order chi connectivity index (χ0) is 17.1. The summed E-state index contributed by atoms with van der Waals surface area (Å²) in [4.78, 5) is 17.1. The number of imidazole rings is 1. The Labute approximate surface area is 161 Å². The predicted molar refractivity (Wildman–Crippen MR) is 96.1 cm³/mol. The van der Waals surface area contributed by atoms with Crippen LogP contribution in [0.2, 0.25) is 10.0 Å². The number of aromatic nitrogens is 2. The Kier molecular flexibility index (Phi) is 6.67. The third-order valence-electron chi connectivity index (χ3n) is 3.58. The summed E-state index contributed by atoms with van der Waals surface area (Å²) in [7, 11) is 0. The Balaban J connectivity index is 0.00000225. The van der Waals surface area contributed by atoms with Crippen molar-refractivity contribution >= 4 is 46.0 Å². The van der Waals surface area contributed by atoms with E-state index in [1.165, 1.54) is 0 Å². The number of hydrogen-bond acceptors (Lipinski definition) is 4. The summed E-state index contributed by atoms with van der Waals surface area (Å²) in [6.07, 6.45) is 0. The minimum Gasteiger partial charge on any atom is -1.00 e. The number of rotatable bonds is 6. The van der Waals surface area contributed by atoms with Gasteiger partial charge in [0.1, 0.15) is 0 Å². The number of Topliss-reactive ketones (excluding diaryl/α,β-unsaturated/α-hetero) is 1. The van der Waals surface area contributed by atoms with Crippen LogP contribution in [0.4, 0.5) is 5.95 Å². The van der Waals surface area contributed by atoms with Gasteiger partial charge in [-0.25, -0.2) is 4.98 Å². The second-order valence-electron chi connectivity index (χ2n) is 5.21. The normalized spacial score (nSPS) is 10.5. The summed E-state index contributed by atoms with van der Waals surface area (Å²) < 4.78 is 1.78. The lowest BCUT2D eigenvalue weighted by atomic mass is 10.1. The molecule has 0 saturated heterocycles. The van der Waals surface area contributed by atoms with Crippen LogP contribution >= 0.6 is 23.2 Å². The van der Waals surface area contributed by atoms with Gasteiger partial charge in [0.25, 0.3) is 0 Å². The number of halogens is 3. The van der Waals surface area contributed by atoms with Crippen molar-refractivity contribution < 1.29 is 22.3 Å². The van der Waals surface area contributed by atoms with E-state index in [-0.39, 0.29) is 31.3 Å². The first-order valence-corrected chi connectivity index (χ1v) is 8.14. The SMILES string of the molecule is O=C(Cn1c(NCCO)nc2ccccc21)c1ccc(Cl)cc1Cl.[Cl-]. The summed E-state index contributed by atoms with van der Waals surface area (Å²) in [6, 6.07) is 12.3. The summed E-state index contributed by atoms with van der Waals surface area (Å²) in [6.45, 7) is 0.398. The predicted octanol–water partition coefficient (Wildman–Crippen LogP) is 0.634. The fourth-order valence-corrected chi connectivity index (χ4v) is 3.00. The molecule has 0 spiro atoms. The van der Waals surface area contributed by atoms with Gasteiger partial charge in [-0.2, -0.15) is 0 Å². The first kappa shape index (κ1) is 19.5. The molecule has 0 amide bonds. The summed E-state index contributed by atoms with van der Waals surface area (Å²) in [5, 5.41) is 12.9. The Bertz CT molecular complexity index is 896. The molecule has 2 aromatic carbocycles. The molecule has 8 heteroatoms. The van der Waals surface area contributed by atoms with Gasteiger partial charge in [0.05, 0.1) is 29.2 Å². The monoisotopic (exact) mass is 398 g/mol. The molecule has 3 rings (SSSR count). The van der Waals surface area contributed by atoms with Crippen molar-refractivity contribution in [3.8, 4) is 0 Å². The Hall–Kier alpha value is -1.79. The van der Waals surface area contributed by atoms with E-state index in [0.29, 0.717) is 28.1 Å². The number of carbonyl (C=O) groups excluding carboxylic acids is 1. The molecule has 0 aliphatic heterocycles. The van der Waals surface area contributed by atoms with Crippen molar-refractivity contribution in [2.75, 3.05) is 18.5 Å². The van der Waals surface area contributed by atoms with Crippen molar-refractivity contribution in [3.63, 3.8) is 0 Å². The second-order valence-corrected chi connectivity index (χ2v) is 6.05. The van der Waals surface area contributed by atoms with Crippen LogP contribution in [0.3, 0.4) is 0 Å². The zero-order valence-electron chi connectivity index (χ0n) is 13.0. The molecule has 0 aliphatic rings. The zero-order valence-corrected chi connectivity index (χ0v) is 15.3. The molecule has 3 aromatic rings. The molecule has 132 valence electrons. The van der Waals surface area contributed by atoms with Crippen molar-refractivity contribution in [3.05, 3.63) is 58.1 Å². The number of aliphatic hydroxyl groups excluding tert-OH is 1. The Morgan fingerprint density at radius 3 is 2.68 bits per heavy atom. The lowest BCUT2D eigenvalue weighted by Crippen LogP contribution is -3.00. The second kappa shape index (κ2) is 8.54. The van der Waals surface area contributed by atoms with Gasteiger partial charge in [0, 0.05) is 17.1 Å². The number of nitrogens with one attached hydrogen (secondary N) is 1. The van der Waals surface area contributed by atoms with Crippen LogP contribution in [0.1, 0.15) is 10.4 Å². The quantitative estimate of drug-likeness (QED) is 0.597. The van der Waals surface area contributed by atoms with E-state index in [2.05, 4.69) is 10.3 Å². The first-order valence-electron chi connectivity index (χ1n) is 7.38. The van der Waals surface area contributed by atoms with Gasteiger partial charge in [-0.1, -0.05) is 35.3 Å². The topological polar surface area (TPSA) is 67.2 Å². The van der Waals surface area contributed by atoms with Crippen LogP contribution < -0.4 is 17.7 Å². The van der Waals surface area contributed by atoms with Gasteiger partial charge in [-0.15, -0.1) is 0 Å². The molecule has 25 heavy (non-hydrogen) atoms. The maximum atomic E-state index is 12.7. The molecule has 5 nitrogen and oxygen atoms in total. The van der Waals surface area contributed by atoms with E-state index < -0.39 is 0 Å². The van der Waals surface area contributed by atoms with E-state index in [0.717, 1.165) is 11.0 Å². The molecule has 0 bridgehead atoms. The summed E-state index contributed by atoms with van der Waals surface area (Å²) in [5.74, 6) is 0.385. The molecule has 1 heterocycles. The fraction of sp³-hybridized carbons (Fsp3) is 0.176. The van der Waals surface area contributed by atoms with E-state index in [1.807, 2.05) is 24.3 Å². The van der Waals surface area contributed by atoms with Gasteiger partial charge < -0.3 is 27.4 Å². The van der Waals surface area contributed by atoms with Crippen molar-refractivity contribution in [1.82, 2.24) is 9.55 Å².